The number of rotatable bonds is 9. The van der Waals surface area contributed by atoms with E-state index in [1.165, 1.54) is 32.1 Å². The molecule has 4 aliphatic rings. The number of nitrogens with one attached hydrogen (secondary N) is 1. The molecular weight excluding hydrogens is 787 g/mol. The zero-order valence-corrected chi connectivity index (χ0v) is 36.3. The Bertz CT molecular complexity index is 1930. The molecule has 0 spiro atoms. The van der Waals surface area contributed by atoms with E-state index in [9.17, 15) is 39.3 Å². The highest BCUT2D eigenvalue weighted by molar-refractivity contribution is 8.14. The van der Waals surface area contributed by atoms with E-state index in [1.807, 2.05) is 20.8 Å². The Morgan fingerprint density at radius 3 is 2.14 bits per heavy atom. The number of hydrogen-bond donors (Lipinski definition) is 4. The van der Waals surface area contributed by atoms with Gasteiger partial charge in [0, 0.05) is 30.4 Å². The third kappa shape index (κ3) is 8.35. The quantitative estimate of drug-likeness (QED) is 0.154. The maximum Gasteiger partial charge on any atom is 0.338 e. The number of hydrogen-bond acceptors (Lipinski definition) is 15. The zero-order valence-electron chi connectivity index (χ0n) is 35.4. The number of ether oxygens (including phenoxy) is 5. The lowest BCUT2D eigenvalue weighted by molar-refractivity contribution is -0.410. The first-order chi connectivity index (χ1) is 27.2. The number of aliphatic hydroxyl groups is 3. The van der Waals surface area contributed by atoms with Gasteiger partial charge in [0.2, 0.25) is 5.79 Å². The van der Waals surface area contributed by atoms with E-state index in [4.69, 9.17) is 23.7 Å². The Balaban J connectivity index is 1.73. The van der Waals surface area contributed by atoms with E-state index in [-0.39, 0.29) is 29.7 Å². The first kappa shape index (κ1) is 46.0. The summed E-state index contributed by atoms with van der Waals surface area (Å²) in [6.07, 6.45) is -7.76. The van der Waals surface area contributed by atoms with Crippen molar-refractivity contribution in [1.29, 1.82) is 0 Å². The minimum atomic E-state index is -2.39. The lowest BCUT2D eigenvalue weighted by atomic mass is 9.45. The van der Waals surface area contributed by atoms with Gasteiger partial charge in [-0.3, -0.25) is 19.2 Å². The second-order valence-corrected chi connectivity index (χ2v) is 19.8. The van der Waals surface area contributed by atoms with Gasteiger partial charge in [-0.1, -0.05) is 76.2 Å². The fraction of sp³-hybridized carbons (Fsp3) is 0.628. The molecule has 59 heavy (non-hydrogen) atoms. The molecule has 1 saturated heterocycles. The predicted octanol–water partition coefficient (Wildman–Crippen LogP) is 4.35. The summed E-state index contributed by atoms with van der Waals surface area (Å²) in [5, 5.41) is 39.2. The largest absolute Gasteiger partial charge is 0.456 e. The molecule has 15 nitrogen and oxygen atoms in total. The first-order valence-electron chi connectivity index (χ1n) is 19.7. The Labute approximate surface area is 348 Å². The van der Waals surface area contributed by atoms with Crippen LogP contribution in [0.3, 0.4) is 0 Å². The topological polar surface area (TPSA) is 221 Å². The summed E-state index contributed by atoms with van der Waals surface area (Å²) in [6.45, 7) is 17.1. The van der Waals surface area contributed by atoms with Gasteiger partial charge in [0.15, 0.2) is 18.0 Å². The lowest BCUT2D eigenvalue weighted by Gasteiger charge is -2.67. The van der Waals surface area contributed by atoms with E-state index in [0.29, 0.717) is 5.57 Å². The molecule has 1 heterocycles. The number of thioether (sulfide) groups is 1. The van der Waals surface area contributed by atoms with E-state index >= 15 is 4.79 Å². The monoisotopic (exact) mass is 843 g/mol. The molecule has 11 atom stereocenters. The summed E-state index contributed by atoms with van der Waals surface area (Å²) in [7, 11) is 0. The van der Waals surface area contributed by atoms with Crippen molar-refractivity contribution in [3.63, 3.8) is 0 Å². The van der Waals surface area contributed by atoms with Crippen LogP contribution in [0.4, 0.5) is 4.79 Å². The molecule has 1 aromatic rings. The molecule has 0 aromatic heterocycles. The first-order valence-corrected chi connectivity index (χ1v) is 20.5. The number of carbonyl (C=O) groups is 6. The minimum Gasteiger partial charge on any atom is -0.456 e. The van der Waals surface area contributed by atoms with Gasteiger partial charge in [-0.15, -0.1) is 0 Å². The van der Waals surface area contributed by atoms with Crippen molar-refractivity contribution in [2.75, 3.05) is 6.61 Å². The normalized spacial score (nSPS) is 33.2. The van der Waals surface area contributed by atoms with Gasteiger partial charge < -0.3 is 44.3 Å². The SMILES string of the molecule is CC(=O)O[C@H]1C(=O)[C@@]2(C)[C@H]([C@H](OC(=O)c3ccccc3)[C@]3(O)C[C@H](OC(=O)[C@H](O)[C@H](C=C(C)C)NC(=O)SC(C)(C)C)C(C)=C1C3(C)C)[C@]1(OC(C)=O)OC[C@@H]1C[C@@H]2O. The molecule has 2 saturated carbocycles. The summed E-state index contributed by atoms with van der Waals surface area (Å²) < 4.78 is 29.7. The average Bonchev–Trinajstić information content (AvgIpc) is 3.11. The number of fused-ring (bicyclic) bond motifs is 5. The smallest absolute Gasteiger partial charge is 0.338 e. The van der Waals surface area contributed by atoms with E-state index in [2.05, 4.69) is 5.32 Å². The maximum atomic E-state index is 15.4. The van der Waals surface area contributed by atoms with Gasteiger partial charge in [0.25, 0.3) is 5.24 Å². The predicted molar refractivity (Wildman–Crippen MR) is 213 cm³/mol. The van der Waals surface area contributed by atoms with Crippen LogP contribution >= 0.6 is 11.8 Å². The Morgan fingerprint density at radius 2 is 1.61 bits per heavy atom. The number of amides is 1. The van der Waals surface area contributed by atoms with Gasteiger partial charge in [0.1, 0.15) is 17.8 Å². The lowest BCUT2D eigenvalue weighted by Crippen LogP contribution is -2.80. The summed E-state index contributed by atoms with van der Waals surface area (Å²) in [6, 6.07) is 6.58. The van der Waals surface area contributed by atoms with Gasteiger partial charge >= 0.3 is 23.9 Å². The van der Waals surface area contributed by atoms with Crippen LogP contribution in [0.25, 0.3) is 0 Å². The van der Waals surface area contributed by atoms with Crippen LogP contribution in [-0.2, 0) is 42.9 Å². The minimum absolute atomic E-state index is 0.000269. The molecule has 16 heteroatoms. The maximum absolute atomic E-state index is 15.4. The summed E-state index contributed by atoms with van der Waals surface area (Å²) in [5.41, 5.74) is -5.23. The molecule has 324 valence electrons. The number of Topliss-reactive ketones (excluding diaryl/α,β-unsaturated/α-hetero) is 1. The van der Waals surface area contributed by atoms with Crippen LogP contribution < -0.4 is 5.32 Å². The highest BCUT2D eigenvalue weighted by atomic mass is 32.2. The Kier molecular flexibility index (Phi) is 12.8. The van der Waals surface area contributed by atoms with E-state index in [1.54, 1.807) is 45.9 Å². The van der Waals surface area contributed by atoms with Crippen LogP contribution in [0.15, 0.2) is 53.1 Å². The molecule has 0 unspecified atom stereocenters. The third-order valence-electron chi connectivity index (χ3n) is 12.2. The second kappa shape index (κ2) is 16.4. The van der Waals surface area contributed by atoms with Crippen LogP contribution in [0.2, 0.25) is 0 Å². The highest BCUT2D eigenvalue weighted by Crippen LogP contribution is 2.65. The molecule has 3 aliphatic carbocycles. The Hall–Kier alpha value is -4.09. The molecule has 3 fully saturated rings. The fourth-order valence-electron chi connectivity index (χ4n) is 9.31. The molecule has 1 amide bonds. The molecule has 4 N–H and O–H groups in total. The fourth-order valence-corrected chi connectivity index (χ4v) is 10.1. The number of benzene rings is 1. The molecular formula is C43H57NO14S. The van der Waals surface area contributed by atoms with Crippen LogP contribution in [-0.4, -0.2) is 110 Å². The Morgan fingerprint density at radius 1 is 0.983 bits per heavy atom. The molecule has 0 radical (unpaired) electrons. The molecule has 2 bridgehead atoms. The second-order valence-electron chi connectivity index (χ2n) is 18.0. The number of allylic oxidation sites excluding steroid dienone is 1. The van der Waals surface area contributed by atoms with Crippen LogP contribution in [0, 0.1) is 22.7 Å². The molecule has 1 aromatic carbocycles. The van der Waals surface area contributed by atoms with Gasteiger partial charge in [-0.25, -0.2) is 9.59 Å². The van der Waals surface area contributed by atoms with Gasteiger partial charge in [0.05, 0.1) is 41.6 Å². The van der Waals surface area contributed by atoms with Crippen molar-refractivity contribution in [1.82, 2.24) is 5.32 Å². The van der Waals surface area contributed by atoms with Gasteiger partial charge in [-0.05, 0) is 57.4 Å². The van der Waals surface area contributed by atoms with Crippen molar-refractivity contribution >= 4 is 46.7 Å². The molecule has 5 rings (SSSR count). The summed E-state index contributed by atoms with van der Waals surface area (Å²) in [5.74, 6) is -9.12. The van der Waals surface area contributed by atoms with E-state index in [0.717, 1.165) is 25.6 Å². The van der Waals surface area contributed by atoms with Gasteiger partial charge in [-0.2, -0.15) is 0 Å². The van der Waals surface area contributed by atoms with Crippen LogP contribution in [0.1, 0.15) is 99.4 Å². The van der Waals surface area contributed by atoms with E-state index < -0.39 is 117 Å². The summed E-state index contributed by atoms with van der Waals surface area (Å²) in [4.78, 5) is 82.4. The number of carbonyl (C=O) groups excluding carboxylic acids is 6. The van der Waals surface area contributed by atoms with Crippen LogP contribution in [0.5, 0.6) is 0 Å². The zero-order chi connectivity index (χ0) is 44.2. The van der Waals surface area contributed by atoms with Crippen molar-refractivity contribution in [3.05, 3.63) is 58.7 Å². The summed E-state index contributed by atoms with van der Waals surface area (Å²) >= 11 is 0.960. The molecule has 1 aliphatic heterocycles. The number of aliphatic hydroxyl groups excluding tert-OH is 2. The average molecular weight is 844 g/mol. The van der Waals surface area contributed by atoms with Crippen molar-refractivity contribution in [3.8, 4) is 0 Å². The van der Waals surface area contributed by atoms with Crippen molar-refractivity contribution < 1.29 is 67.8 Å². The van der Waals surface area contributed by atoms with Crippen molar-refractivity contribution in [2.45, 2.75) is 142 Å². The third-order valence-corrected chi connectivity index (χ3v) is 13.1. The standard InChI is InChI=1S/C43H57NO14S/c1-21(2)17-27(44-38(52)59-39(6,7)8)31(48)37(51)56-28-19-42(53)35(57-36(50)25-15-13-12-14-16-25)33-41(11,29(47)18-26-20-54-43(26,33)58-24(5)46)34(49)32(55-23(4)45)30(22(28)3)40(42,9)10/h12-17,26-29,31-33,35,47-48,53H,18-20H2,1-11H3,(H,44,52)/t26-,27-,28-,29-,31+,32+,33-,35-,41+,42+,43-/m0/s1. The number of esters is 4. The van der Waals surface area contributed by atoms with Crippen molar-refractivity contribution in [2.24, 2.45) is 22.7 Å². The highest BCUT2D eigenvalue weighted by Gasteiger charge is 2.78. The number of ketones is 1.